The summed E-state index contributed by atoms with van der Waals surface area (Å²) in [6.45, 7) is 5.63. The molecular formula is C24H26N4O3. The van der Waals surface area contributed by atoms with Crippen molar-refractivity contribution in [3.8, 4) is 17.0 Å². The van der Waals surface area contributed by atoms with E-state index in [4.69, 9.17) is 9.47 Å². The van der Waals surface area contributed by atoms with Crippen molar-refractivity contribution < 1.29 is 14.3 Å². The van der Waals surface area contributed by atoms with Gasteiger partial charge in [-0.25, -0.2) is 0 Å². The summed E-state index contributed by atoms with van der Waals surface area (Å²) in [7, 11) is 0. The number of benzene rings is 2. The van der Waals surface area contributed by atoms with Gasteiger partial charge in [-0.15, -0.1) is 10.2 Å². The first-order valence-corrected chi connectivity index (χ1v) is 10.5. The highest BCUT2D eigenvalue weighted by molar-refractivity contribution is 5.92. The van der Waals surface area contributed by atoms with Crippen molar-refractivity contribution in [2.75, 3.05) is 43.1 Å². The van der Waals surface area contributed by atoms with Crippen LogP contribution in [0.5, 0.6) is 5.75 Å². The molecule has 4 rings (SSSR count). The Bertz CT molecular complexity index is 1000. The Morgan fingerprint density at radius 2 is 1.87 bits per heavy atom. The highest BCUT2D eigenvalue weighted by atomic mass is 16.5. The van der Waals surface area contributed by atoms with E-state index in [2.05, 4.69) is 20.4 Å². The van der Waals surface area contributed by atoms with Gasteiger partial charge in [-0.2, -0.15) is 0 Å². The molecule has 1 N–H and O–H groups in total. The van der Waals surface area contributed by atoms with Crippen molar-refractivity contribution in [1.29, 1.82) is 0 Å². The third kappa shape index (κ3) is 5.58. The van der Waals surface area contributed by atoms with Crippen molar-refractivity contribution in [2.24, 2.45) is 0 Å². The van der Waals surface area contributed by atoms with E-state index in [1.807, 2.05) is 67.6 Å². The summed E-state index contributed by atoms with van der Waals surface area (Å²) in [5.74, 6) is 1.59. The molecule has 1 aliphatic heterocycles. The number of carbonyl (C=O) groups excluding carboxylic acids is 1. The van der Waals surface area contributed by atoms with E-state index in [1.54, 1.807) is 0 Å². The number of hydrogen-bond donors (Lipinski definition) is 1. The average molecular weight is 418 g/mol. The van der Waals surface area contributed by atoms with Crippen molar-refractivity contribution in [3.05, 3.63) is 66.2 Å². The zero-order valence-corrected chi connectivity index (χ0v) is 17.6. The lowest BCUT2D eigenvalue weighted by atomic mass is 10.1. The van der Waals surface area contributed by atoms with E-state index in [1.165, 1.54) is 0 Å². The number of hydrogen-bond acceptors (Lipinski definition) is 6. The van der Waals surface area contributed by atoms with Crippen LogP contribution in [-0.4, -0.2) is 49.0 Å². The topological polar surface area (TPSA) is 76.6 Å². The van der Waals surface area contributed by atoms with Crippen LogP contribution < -0.4 is 15.0 Å². The molecule has 3 aromatic rings. The first kappa shape index (κ1) is 20.8. The molecule has 31 heavy (non-hydrogen) atoms. The van der Waals surface area contributed by atoms with Gasteiger partial charge in [0.1, 0.15) is 5.75 Å². The predicted molar refractivity (Wildman–Crippen MR) is 120 cm³/mol. The van der Waals surface area contributed by atoms with Gasteiger partial charge in [0.05, 0.1) is 31.9 Å². The van der Waals surface area contributed by atoms with Crippen molar-refractivity contribution in [1.82, 2.24) is 10.2 Å². The molecule has 7 heteroatoms. The maximum Gasteiger partial charge on any atom is 0.228 e. The van der Waals surface area contributed by atoms with Gasteiger partial charge >= 0.3 is 0 Å². The second kappa shape index (κ2) is 10.0. The van der Waals surface area contributed by atoms with E-state index in [9.17, 15) is 4.79 Å². The summed E-state index contributed by atoms with van der Waals surface area (Å²) in [5.41, 5.74) is 3.33. The summed E-state index contributed by atoms with van der Waals surface area (Å²) in [6, 6.07) is 19.2. The number of morpholine rings is 1. The number of aromatic nitrogens is 2. The summed E-state index contributed by atoms with van der Waals surface area (Å²) >= 11 is 0. The number of ether oxygens (including phenoxy) is 2. The fraction of sp³-hybridized carbons (Fsp3) is 0.292. The standard InChI is InChI=1S/C24H26N4O3/c1-2-31-21-8-6-18(7-9-21)16-24(29)25-20-5-3-4-19(17-20)22-10-11-23(27-26-22)28-12-14-30-15-13-28/h3-11,17H,2,12-16H2,1H3,(H,25,29). The van der Waals surface area contributed by atoms with Gasteiger partial charge in [-0.05, 0) is 48.9 Å². The first-order valence-electron chi connectivity index (χ1n) is 10.5. The molecular weight excluding hydrogens is 392 g/mol. The largest absolute Gasteiger partial charge is 0.494 e. The van der Waals surface area contributed by atoms with Gasteiger partial charge in [0.2, 0.25) is 5.91 Å². The summed E-state index contributed by atoms with van der Waals surface area (Å²) in [5, 5.41) is 11.7. The van der Waals surface area contributed by atoms with E-state index in [0.29, 0.717) is 26.2 Å². The van der Waals surface area contributed by atoms with Crippen LogP contribution in [0.4, 0.5) is 11.5 Å². The van der Waals surface area contributed by atoms with Crippen LogP contribution >= 0.6 is 0 Å². The Kier molecular flexibility index (Phi) is 6.74. The minimum atomic E-state index is -0.0740. The maximum atomic E-state index is 12.5. The lowest BCUT2D eigenvalue weighted by Crippen LogP contribution is -2.36. The molecule has 0 saturated carbocycles. The Hall–Kier alpha value is -3.45. The van der Waals surface area contributed by atoms with E-state index >= 15 is 0 Å². The minimum Gasteiger partial charge on any atom is -0.494 e. The molecule has 0 unspecified atom stereocenters. The minimum absolute atomic E-state index is 0.0740. The molecule has 7 nitrogen and oxygen atoms in total. The van der Waals surface area contributed by atoms with Crippen molar-refractivity contribution in [3.63, 3.8) is 0 Å². The second-order valence-electron chi connectivity index (χ2n) is 7.26. The molecule has 1 fully saturated rings. The van der Waals surface area contributed by atoms with Gasteiger partial charge in [-0.3, -0.25) is 4.79 Å². The fourth-order valence-corrected chi connectivity index (χ4v) is 3.46. The van der Waals surface area contributed by atoms with Gasteiger partial charge in [0.15, 0.2) is 5.82 Å². The number of carbonyl (C=O) groups is 1. The quantitative estimate of drug-likeness (QED) is 0.632. The molecule has 0 spiro atoms. The number of nitrogens with zero attached hydrogens (tertiary/aromatic N) is 3. The Balaban J connectivity index is 1.39. The summed E-state index contributed by atoms with van der Waals surface area (Å²) in [4.78, 5) is 14.6. The molecule has 0 bridgehead atoms. The van der Waals surface area contributed by atoms with Crippen LogP contribution in [0.3, 0.4) is 0 Å². The average Bonchev–Trinajstić information content (AvgIpc) is 2.81. The fourth-order valence-electron chi connectivity index (χ4n) is 3.46. The molecule has 2 aromatic carbocycles. The molecule has 160 valence electrons. The smallest absolute Gasteiger partial charge is 0.228 e. The lowest BCUT2D eigenvalue weighted by Gasteiger charge is -2.27. The highest BCUT2D eigenvalue weighted by Gasteiger charge is 2.13. The Morgan fingerprint density at radius 1 is 1.06 bits per heavy atom. The predicted octanol–water partition coefficient (Wildman–Crippen LogP) is 3.56. The van der Waals surface area contributed by atoms with Crippen LogP contribution in [0.25, 0.3) is 11.3 Å². The third-order valence-corrected chi connectivity index (χ3v) is 5.03. The monoisotopic (exact) mass is 418 g/mol. The zero-order chi connectivity index (χ0) is 21.5. The maximum absolute atomic E-state index is 12.5. The number of amides is 1. The van der Waals surface area contributed by atoms with Crippen molar-refractivity contribution >= 4 is 17.4 Å². The molecule has 1 aliphatic rings. The van der Waals surface area contributed by atoms with E-state index < -0.39 is 0 Å². The summed E-state index contributed by atoms with van der Waals surface area (Å²) < 4.78 is 10.8. The molecule has 2 heterocycles. The Labute approximate surface area is 182 Å². The zero-order valence-electron chi connectivity index (χ0n) is 17.6. The van der Waals surface area contributed by atoms with Crippen LogP contribution in [0.1, 0.15) is 12.5 Å². The SMILES string of the molecule is CCOc1ccc(CC(=O)Nc2cccc(-c3ccc(N4CCOCC4)nn3)c2)cc1. The highest BCUT2D eigenvalue weighted by Crippen LogP contribution is 2.22. The number of rotatable bonds is 7. The third-order valence-electron chi connectivity index (χ3n) is 5.03. The number of nitrogens with one attached hydrogen (secondary N) is 1. The second-order valence-corrected chi connectivity index (χ2v) is 7.26. The van der Waals surface area contributed by atoms with Crippen LogP contribution in [0.15, 0.2) is 60.7 Å². The van der Waals surface area contributed by atoms with E-state index in [0.717, 1.165) is 47.2 Å². The van der Waals surface area contributed by atoms with Crippen LogP contribution in [0, 0.1) is 0 Å². The molecule has 0 aliphatic carbocycles. The number of anilines is 2. The van der Waals surface area contributed by atoms with Crippen LogP contribution in [-0.2, 0) is 16.0 Å². The van der Waals surface area contributed by atoms with Gasteiger partial charge in [-0.1, -0.05) is 24.3 Å². The van der Waals surface area contributed by atoms with Gasteiger partial charge in [0.25, 0.3) is 0 Å². The first-order chi connectivity index (χ1) is 15.2. The molecule has 1 aromatic heterocycles. The normalized spacial score (nSPS) is 13.6. The lowest BCUT2D eigenvalue weighted by molar-refractivity contribution is -0.115. The van der Waals surface area contributed by atoms with Crippen molar-refractivity contribution in [2.45, 2.75) is 13.3 Å². The molecule has 1 amide bonds. The molecule has 0 atom stereocenters. The molecule has 1 saturated heterocycles. The van der Waals surface area contributed by atoms with Gasteiger partial charge < -0.3 is 19.7 Å². The molecule has 0 radical (unpaired) electrons. The van der Waals surface area contributed by atoms with Crippen LogP contribution in [0.2, 0.25) is 0 Å². The van der Waals surface area contributed by atoms with Gasteiger partial charge in [0, 0.05) is 24.3 Å². The van der Waals surface area contributed by atoms with E-state index in [-0.39, 0.29) is 5.91 Å². The summed E-state index contributed by atoms with van der Waals surface area (Å²) in [6.07, 6.45) is 0.296. The Morgan fingerprint density at radius 3 is 2.58 bits per heavy atom.